The van der Waals surface area contributed by atoms with Crippen LogP contribution in [0.3, 0.4) is 0 Å². The Labute approximate surface area is 97.9 Å². The molecule has 1 saturated carbocycles. The van der Waals surface area contributed by atoms with Gasteiger partial charge in [-0.1, -0.05) is 24.1 Å². The smallest absolute Gasteiger partial charge is 0.165 e. The minimum Gasteiger partial charge on any atom is -0.294 e. The van der Waals surface area contributed by atoms with Crippen molar-refractivity contribution in [1.29, 1.82) is 0 Å². The van der Waals surface area contributed by atoms with E-state index in [4.69, 9.17) is 0 Å². The Morgan fingerprint density at radius 3 is 2.25 bits per heavy atom. The topological polar surface area (TPSA) is 17.1 Å². The summed E-state index contributed by atoms with van der Waals surface area (Å²) in [4.78, 5) is 12.3. The number of carbonyl (C=O) groups excluding carboxylic acids is 1. The van der Waals surface area contributed by atoms with Crippen molar-refractivity contribution in [2.75, 3.05) is 0 Å². The van der Waals surface area contributed by atoms with Crippen LogP contribution >= 0.6 is 0 Å². The molecule has 0 N–H and O–H groups in total. The molecule has 16 heavy (non-hydrogen) atoms. The second kappa shape index (κ2) is 4.40. The highest BCUT2D eigenvalue weighted by Crippen LogP contribution is 2.32. The van der Waals surface area contributed by atoms with Crippen LogP contribution in [-0.4, -0.2) is 5.78 Å². The summed E-state index contributed by atoms with van der Waals surface area (Å²) in [5.41, 5.74) is 3.29. The van der Waals surface area contributed by atoms with Gasteiger partial charge in [0.2, 0.25) is 0 Å². The van der Waals surface area contributed by atoms with Crippen LogP contribution in [0.4, 0.5) is 0 Å². The number of Topliss-reactive ketones (excluding diaryl/α,β-unsaturated/α-hetero) is 1. The van der Waals surface area contributed by atoms with Crippen LogP contribution in [0.1, 0.15) is 47.7 Å². The lowest BCUT2D eigenvalue weighted by molar-refractivity contribution is 0.0920. The lowest BCUT2D eigenvalue weighted by atomic mass is 9.93. The largest absolute Gasteiger partial charge is 0.294 e. The Morgan fingerprint density at radius 2 is 1.75 bits per heavy atom. The van der Waals surface area contributed by atoms with E-state index in [0.717, 1.165) is 24.3 Å². The highest BCUT2D eigenvalue weighted by molar-refractivity contribution is 5.98. The fourth-order valence-electron chi connectivity index (χ4n) is 2.80. The van der Waals surface area contributed by atoms with Crippen molar-refractivity contribution in [3.63, 3.8) is 0 Å². The minimum absolute atomic E-state index is 0.274. The van der Waals surface area contributed by atoms with E-state index in [2.05, 4.69) is 26.8 Å². The normalized spacial score (nSPS) is 24.7. The van der Waals surface area contributed by atoms with Crippen LogP contribution in [0, 0.1) is 25.7 Å². The van der Waals surface area contributed by atoms with Gasteiger partial charge in [-0.3, -0.25) is 4.79 Å². The van der Waals surface area contributed by atoms with Crippen LogP contribution in [0.5, 0.6) is 0 Å². The molecule has 1 aromatic rings. The van der Waals surface area contributed by atoms with Crippen LogP contribution in [0.2, 0.25) is 0 Å². The zero-order valence-corrected chi connectivity index (χ0v) is 10.4. The molecule has 1 nitrogen and oxygen atoms in total. The van der Waals surface area contributed by atoms with Gasteiger partial charge in [0.25, 0.3) is 0 Å². The average Bonchev–Trinajstić information content (AvgIpc) is 2.62. The number of rotatable bonds is 2. The van der Waals surface area contributed by atoms with Crippen molar-refractivity contribution in [3.8, 4) is 0 Å². The van der Waals surface area contributed by atoms with E-state index in [1.54, 1.807) is 0 Å². The van der Waals surface area contributed by atoms with Gasteiger partial charge in [-0.15, -0.1) is 0 Å². The third-order valence-corrected chi connectivity index (χ3v) is 3.57. The average molecular weight is 216 g/mol. The molecule has 0 heterocycles. The van der Waals surface area contributed by atoms with E-state index < -0.39 is 0 Å². The van der Waals surface area contributed by atoms with Gasteiger partial charge < -0.3 is 0 Å². The zero-order chi connectivity index (χ0) is 11.7. The molecule has 86 valence electrons. The maximum atomic E-state index is 12.3. The Kier molecular flexibility index (Phi) is 3.13. The van der Waals surface area contributed by atoms with Crippen LogP contribution in [0.25, 0.3) is 0 Å². The lowest BCUT2D eigenvalue weighted by Gasteiger charge is -2.10. The van der Waals surface area contributed by atoms with Gasteiger partial charge in [-0.25, -0.2) is 0 Å². The Bertz CT molecular complexity index is 386. The number of ketones is 1. The standard InChI is InChI=1S/C15H20O/c1-10-4-5-13(7-10)15(16)14-8-11(2)6-12(3)9-14/h6,8-10,13H,4-5,7H2,1-3H3. The van der Waals surface area contributed by atoms with Crippen LogP contribution in [0.15, 0.2) is 18.2 Å². The number of benzene rings is 1. The van der Waals surface area contributed by atoms with Gasteiger partial charge in [0, 0.05) is 11.5 Å². The third-order valence-electron chi connectivity index (χ3n) is 3.57. The molecule has 1 aliphatic rings. The monoisotopic (exact) mass is 216 g/mol. The summed E-state index contributed by atoms with van der Waals surface area (Å²) < 4.78 is 0. The molecule has 1 fully saturated rings. The molecule has 1 aromatic carbocycles. The van der Waals surface area contributed by atoms with Crippen LogP contribution in [-0.2, 0) is 0 Å². The molecule has 0 aliphatic heterocycles. The molecule has 2 rings (SSSR count). The molecule has 0 aromatic heterocycles. The van der Waals surface area contributed by atoms with E-state index in [9.17, 15) is 4.79 Å². The van der Waals surface area contributed by atoms with Gasteiger partial charge in [-0.05, 0) is 51.2 Å². The van der Waals surface area contributed by atoms with Gasteiger partial charge >= 0.3 is 0 Å². The molecule has 0 saturated heterocycles. The van der Waals surface area contributed by atoms with E-state index in [1.165, 1.54) is 17.5 Å². The summed E-state index contributed by atoms with van der Waals surface area (Å²) >= 11 is 0. The predicted octanol–water partition coefficient (Wildman–Crippen LogP) is 3.92. The quantitative estimate of drug-likeness (QED) is 0.685. The number of hydrogen-bond acceptors (Lipinski definition) is 1. The second-order valence-electron chi connectivity index (χ2n) is 5.36. The summed E-state index contributed by atoms with van der Waals surface area (Å²) in [5, 5.41) is 0. The molecule has 0 amide bonds. The second-order valence-corrected chi connectivity index (χ2v) is 5.36. The number of aryl methyl sites for hydroxylation is 2. The molecular weight excluding hydrogens is 196 g/mol. The molecule has 0 radical (unpaired) electrons. The molecule has 2 unspecified atom stereocenters. The molecular formula is C15H20O. The molecule has 1 aliphatic carbocycles. The van der Waals surface area contributed by atoms with E-state index in [1.807, 2.05) is 12.1 Å². The zero-order valence-electron chi connectivity index (χ0n) is 10.4. The van der Waals surface area contributed by atoms with Crippen molar-refractivity contribution in [2.45, 2.75) is 40.0 Å². The van der Waals surface area contributed by atoms with Gasteiger partial charge in [0.05, 0.1) is 0 Å². The first-order valence-electron chi connectivity index (χ1n) is 6.19. The lowest BCUT2D eigenvalue weighted by Crippen LogP contribution is -2.12. The summed E-state index contributed by atoms with van der Waals surface area (Å²) in [5.74, 6) is 1.35. The highest BCUT2D eigenvalue weighted by Gasteiger charge is 2.28. The number of carbonyl (C=O) groups is 1. The summed E-state index contributed by atoms with van der Waals surface area (Å²) in [6.45, 7) is 6.36. The van der Waals surface area contributed by atoms with Gasteiger partial charge in [0.15, 0.2) is 5.78 Å². The Morgan fingerprint density at radius 1 is 1.12 bits per heavy atom. The molecule has 0 bridgehead atoms. The maximum absolute atomic E-state index is 12.3. The summed E-state index contributed by atoms with van der Waals surface area (Å²) in [7, 11) is 0. The molecule has 0 spiro atoms. The van der Waals surface area contributed by atoms with Crippen molar-refractivity contribution in [1.82, 2.24) is 0 Å². The van der Waals surface area contributed by atoms with Gasteiger partial charge in [-0.2, -0.15) is 0 Å². The number of hydrogen-bond donors (Lipinski definition) is 0. The summed E-state index contributed by atoms with van der Waals surface area (Å²) in [6, 6.07) is 6.17. The first-order valence-corrected chi connectivity index (χ1v) is 6.19. The van der Waals surface area contributed by atoms with Crippen molar-refractivity contribution in [3.05, 3.63) is 34.9 Å². The van der Waals surface area contributed by atoms with E-state index in [0.29, 0.717) is 5.78 Å². The maximum Gasteiger partial charge on any atom is 0.165 e. The summed E-state index contributed by atoms with van der Waals surface area (Å²) in [6.07, 6.45) is 3.36. The van der Waals surface area contributed by atoms with Gasteiger partial charge in [0.1, 0.15) is 0 Å². The first-order chi connectivity index (χ1) is 7.56. The predicted molar refractivity (Wildman–Crippen MR) is 66.8 cm³/mol. The van der Waals surface area contributed by atoms with Crippen LogP contribution < -0.4 is 0 Å². The van der Waals surface area contributed by atoms with Crippen molar-refractivity contribution >= 4 is 5.78 Å². The van der Waals surface area contributed by atoms with E-state index >= 15 is 0 Å². The Hall–Kier alpha value is -1.11. The fourth-order valence-corrected chi connectivity index (χ4v) is 2.80. The highest BCUT2D eigenvalue weighted by atomic mass is 16.1. The Balaban J connectivity index is 2.20. The van der Waals surface area contributed by atoms with Crippen molar-refractivity contribution in [2.24, 2.45) is 11.8 Å². The first kappa shape index (κ1) is 11.4. The van der Waals surface area contributed by atoms with E-state index in [-0.39, 0.29) is 5.92 Å². The molecule has 1 heteroatoms. The SMILES string of the molecule is Cc1cc(C)cc(C(=O)C2CCC(C)C2)c1. The minimum atomic E-state index is 0.274. The van der Waals surface area contributed by atoms with Crippen molar-refractivity contribution < 1.29 is 4.79 Å². The third kappa shape index (κ3) is 2.34. The fraction of sp³-hybridized carbons (Fsp3) is 0.533. The molecule has 2 atom stereocenters.